The van der Waals surface area contributed by atoms with Crippen LogP contribution in [-0.4, -0.2) is 27.1 Å². The highest BCUT2D eigenvalue weighted by Gasteiger charge is 2.19. The number of nitrogens with zero attached hydrogens (tertiary/aromatic N) is 2. The molecule has 2 aromatic rings. The number of carboxylic acid groups (broad SMARTS) is 1. The SMILES string of the molecule is CCCC(Nc1nc(Cl)nc2sc(CC)cc12)C(=O)O. The molecule has 0 saturated heterocycles. The number of nitrogens with one attached hydrogen (secondary N) is 1. The second-order valence-electron chi connectivity index (χ2n) is 4.45. The van der Waals surface area contributed by atoms with E-state index in [2.05, 4.69) is 22.2 Å². The highest BCUT2D eigenvalue weighted by Crippen LogP contribution is 2.30. The molecule has 2 N–H and O–H groups in total. The lowest BCUT2D eigenvalue weighted by Crippen LogP contribution is -2.29. The molecular weight excluding hydrogens is 298 g/mol. The van der Waals surface area contributed by atoms with Gasteiger partial charge in [-0.2, -0.15) is 0 Å². The smallest absolute Gasteiger partial charge is 0.326 e. The lowest BCUT2D eigenvalue weighted by molar-refractivity contribution is -0.138. The van der Waals surface area contributed by atoms with Gasteiger partial charge in [0.25, 0.3) is 0 Å². The fraction of sp³-hybridized carbons (Fsp3) is 0.462. The van der Waals surface area contributed by atoms with Crippen LogP contribution in [0.4, 0.5) is 5.82 Å². The van der Waals surface area contributed by atoms with Crippen LogP contribution in [0.15, 0.2) is 6.07 Å². The third kappa shape index (κ3) is 3.19. The van der Waals surface area contributed by atoms with Gasteiger partial charge in [-0.1, -0.05) is 20.3 Å². The first-order chi connectivity index (χ1) is 9.55. The van der Waals surface area contributed by atoms with Gasteiger partial charge in [0, 0.05) is 4.88 Å². The Balaban J connectivity index is 2.41. The van der Waals surface area contributed by atoms with Crippen molar-refractivity contribution in [1.29, 1.82) is 0 Å². The van der Waals surface area contributed by atoms with Gasteiger partial charge in [-0.05, 0) is 30.5 Å². The van der Waals surface area contributed by atoms with Gasteiger partial charge in [0.05, 0.1) is 5.39 Å². The number of fused-ring (bicyclic) bond motifs is 1. The van der Waals surface area contributed by atoms with Crippen LogP contribution in [0, 0.1) is 0 Å². The van der Waals surface area contributed by atoms with Crippen molar-refractivity contribution in [1.82, 2.24) is 9.97 Å². The Morgan fingerprint density at radius 2 is 2.25 bits per heavy atom. The van der Waals surface area contributed by atoms with Crippen LogP contribution < -0.4 is 5.32 Å². The molecule has 2 aromatic heterocycles. The molecule has 1 unspecified atom stereocenters. The van der Waals surface area contributed by atoms with Gasteiger partial charge in [-0.15, -0.1) is 11.3 Å². The highest BCUT2D eigenvalue weighted by molar-refractivity contribution is 7.18. The third-order valence-electron chi connectivity index (χ3n) is 2.95. The largest absolute Gasteiger partial charge is 0.480 e. The fourth-order valence-electron chi connectivity index (χ4n) is 1.94. The Bertz CT molecular complexity index is 629. The zero-order valence-corrected chi connectivity index (χ0v) is 12.9. The average molecular weight is 314 g/mol. The Morgan fingerprint density at radius 3 is 2.85 bits per heavy atom. The zero-order valence-electron chi connectivity index (χ0n) is 11.3. The molecule has 0 bridgehead atoms. The average Bonchev–Trinajstić information content (AvgIpc) is 2.80. The zero-order chi connectivity index (χ0) is 14.7. The van der Waals surface area contributed by atoms with Gasteiger partial charge in [0.1, 0.15) is 16.7 Å². The van der Waals surface area contributed by atoms with Crippen LogP contribution in [0.25, 0.3) is 10.2 Å². The molecule has 2 heterocycles. The number of halogens is 1. The number of hydrogen-bond acceptors (Lipinski definition) is 5. The lowest BCUT2D eigenvalue weighted by Gasteiger charge is -2.14. The van der Waals surface area contributed by atoms with Crippen LogP contribution in [-0.2, 0) is 11.2 Å². The molecule has 0 aliphatic rings. The van der Waals surface area contributed by atoms with Crippen molar-refractivity contribution in [2.75, 3.05) is 5.32 Å². The van der Waals surface area contributed by atoms with Crippen molar-refractivity contribution in [2.45, 2.75) is 39.2 Å². The summed E-state index contributed by atoms with van der Waals surface area (Å²) in [6, 6.07) is 1.32. The second-order valence-corrected chi connectivity index (χ2v) is 5.90. The minimum Gasteiger partial charge on any atom is -0.480 e. The number of aryl methyl sites for hydroxylation is 1. The van der Waals surface area contributed by atoms with Gasteiger partial charge in [0.2, 0.25) is 5.28 Å². The van der Waals surface area contributed by atoms with Gasteiger partial charge >= 0.3 is 5.97 Å². The van der Waals surface area contributed by atoms with Crippen LogP contribution in [0.5, 0.6) is 0 Å². The molecule has 20 heavy (non-hydrogen) atoms. The van der Waals surface area contributed by atoms with Crippen LogP contribution in [0.2, 0.25) is 5.28 Å². The van der Waals surface area contributed by atoms with E-state index in [1.165, 1.54) is 4.88 Å². The van der Waals surface area contributed by atoms with Crippen molar-refractivity contribution >= 4 is 44.9 Å². The van der Waals surface area contributed by atoms with Gasteiger partial charge in [0.15, 0.2) is 0 Å². The summed E-state index contributed by atoms with van der Waals surface area (Å²) >= 11 is 7.46. The van der Waals surface area contributed by atoms with E-state index < -0.39 is 12.0 Å². The highest BCUT2D eigenvalue weighted by atomic mass is 35.5. The molecule has 5 nitrogen and oxygen atoms in total. The molecule has 0 amide bonds. The second kappa shape index (κ2) is 6.37. The van der Waals surface area contributed by atoms with E-state index >= 15 is 0 Å². The number of thiophene rings is 1. The van der Waals surface area contributed by atoms with Crippen LogP contribution in [0.3, 0.4) is 0 Å². The minimum absolute atomic E-state index is 0.130. The lowest BCUT2D eigenvalue weighted by atomic mass is 10.1. The summed E-state index contributed by atoms with van der Waals surface area (Å²) in [5, 5.41) is 13.2. The van der Waals surface area contributed by atoms with E-state index in [1.807, 2.05) is 13.0 Å². The maximum atomic E-state index is 11.2. The van der Waals surface area contributed by atoms with Crippen LogP contribution in [0.1, 0.15) is 31.6 Å². The monoisotopic (exact) mass is 313 g/mol. The summed E-state index contributed by atoms with van der Waals surface area (Å²) in [6.45, 7) is 4.00. The number of rotatable bonds is 6. The summed E-state index contributed by atoms with van der Waals surface area (Å²) in [6.07, 6.45) is 2.20. The maximum absolute atomic E-state index is 11.2. The van der Waals surface area contributed by atoms with E-state index in [1.54, 1.807) is 11.3 Å². The Hall–Kier alpha value is -1.40. The van der Waals surface area contributed by atoms with Crippen molar-refractivity contribution in [3.8, 4) is 0 Å². The van der Waals surface area contributed by atoms with Crippen LogP contribution >= 0.6 is 22.9 Å². The van der Waals surface area contributed by atoms with E-state index in [0.29, 0.717) is 12.2 Å². The van der Waals surface area contributed by atoms with E-state index in [0.717, 1.165) is 23.1 Å². The number of carbonyl (C=O) groups is 1. The summed E-state index contributed by atoms with van der Waals surface area (Å²) in [5.74, 6) is -0.391. The first-order valence-corrected chi connectivity index (χ1v) is 7.69. The van der Waals surface area contributed by atoms with Gasteiger partial charge in [-0.3, -0.25) is 0 Å². The van der Waals surface area contributed by atoms with Gasteiger partial charge in [-0.25, -0.2) is 14.8 Å². The molecule has 0 radical (unpaired) electrons. The quantitative estimate of drug-likeness (QED) is 0.797. The number of aliphatic carboxylic acids is 1. The molecule has 2 rings (SSSR count). The molecule has 0 spiro atoms. The van der Waals surface area contributed by atoms with Crippen molar-refractivity contribution in [3.63, 3.8) is 0 Å². The molecule has 0 fully saturated rings. The van der Waals surface area contributed by atoms with Crippen molar-refractivity contribution < 1.29 is 9.90 Å². The molecule has 0 aliphatic heterocycles. The molecule has 0 saturated carbocycles. The summed E-state index contributed by atoms with van der Waals surface area (Å²) < 4.78 is 0. The third-order valence-corrected chi connectivity index (χ3v) is 4.29. The molecule has 1 atom stereocenters. The summed E-state index contributed by atoms with van der Waals surface area (Å²) in [5.41, 5.74) is 0. The molecule has 7 heteroatoms. The number of aromatic nitrogens is 2. The maximum Gasteiger partial charge on any atom is 0.326 e. The van der Waals surface area contributed by atoms with E-state index in [-0.39, 0.29) is 5.28 Å². The Labute approximate surface area is 126 Å². The molecule has 0 aromatic carbocycles. The first kappa shape index (κ1) is 15.0. The summed E-state index contributed by atoms with van der Waals surface area (Å²) in [7, 11) is 0. The van der Waals surface area contributed by atoms with Crippen molar-refractivity contribution in [2.24, 2.45) is 0 Å². The molecule has 108 valence electrons. The number of anilines is 1. The Morgan fingerprint density at radius 1 is 1.50 bits per heavy atom. The van der Waals surface area contributed by atoms with E-state index in [9.17, 15) is 9.90 Å². The number of carboxylic acids is 1. The molecule has 0 aliphatic carbocycles. The predicted octanol–water partition coefficient (Wildman–Crippen LogP) is 3.57. The fourth-order valence-corrected chi connectivity index (χ4v) is 3.13. The standard InChI is InChI=1S/C13H16ClN3O2S/c1-3-5-9(12(18)19)15-10-8-6-7(4-2)20-11(8)17-13(14)16-10/h6,9H,3-5H2,1-2H3,(H,18,19)(H,15,16,17). The van der Waals surface area contributed by atoms with E-state index in [4.69, 9.17) is 11.6 Å². The minimum atomic E-state index is -0.888. The van der Waals surface area contributed by atoms with Gasteiger partial charge < -0.3 is 10.4 Å². The Kier molecular flexibility index (Phi) is 4.77. The van der Waals surface area contributed by atoms with Crippen molar-refractivity contribution in [3.05, 3.63) is 16.2 Å². The number of hydrogen-bond donors (Lipinski definition) is 2. The molecular formula is C13H16ClN3O2S. The summed E-state index contributed by atoms with van der Waals surface area (Å²) in [4.78, 5) is 21.5. The first-order valence-electron chi connectivity index (χ1n) is 6.50. The topological polar surface area (TPSA) is 75.1 Å². The predicted molar refractivity (Wildman–Crippen MR) is 81.8 cm³/mol. The normalized spacial score (nSPS) is 12.6.